The average Bonchev–Trinajstić information content (AvgIpc) is 2.80. The van der Waals surface area contributed by atoms with E-state index in [9.17, 15) is 4.79 Å². The Balaban J connectivity index is 2.16. The van der Waals surface area contributed by atoms with E-state index in [1.54, 1.807) is 35.0 Å². The first-order valence-corrected chi connectivity index (χ1v) is 6.67. The summed E-state index contributed by atoms with van der Waals surface area (Å²) < 4.78 is 1.67. The lowest BCUT2D eigenvalue weighted by Gasteiger charge is -2.07. The third-order valence-electron chi connectivity index (χ3n) is 2.86. The highest BCUT2D eigenvalue weighted by atomic mass is 32.1. The Bertz CT molecular complexity index is 646. The number of benzene rings is 1. The molecule has 0 fully saturated rings. The highest BCUT2D eigenvalue weighted by molar-refractivity contribution is 7.80. The molecule has 5 nitrogen and oxygen atoms in total. The van der Waals surface area contributed by atoms with Crippen molar-refractivity contribution in [3.05, 3.63) is 47.3 Å². The van der Waals surface area contributed by atoms with Crippen molar-refractivity contribution in [1.29, 1.82) is 0 Å². The fourth-order valence-corrected chi connectivity index (χ4v) is 2.02. The molecule has 1 amide bonds. The van der Waals surface area contributed by atoms with Gasteiger partial charge in [-0.2, -0.15) is 5.10 Å². The van der Waals surface area contributed by atoms with Gasteiger partial charge in [-0.05, 0) is 44.2 Å². The second-order valence-electron chi connectivity index (χ2n) is 4.38. The Morgan fingerprint density at radius 1 is 1.40 bits per heavy atom. The van der Waals surface area contributed by atoms with Crippen LogP contribution in [0, 0.1) is 6.92 Å². The molecule has 0 saturated heterocycles. The minimum Gasteiger partial charge on any atom is -0.389 e. The summed E-state index contributed by atoms with van der Waals surface area (Å²) >= 11 is 4.88. The van der Waals surface area contributed by atoms with E-state index < -0.39 is 0 Å². The molecule has 0 aliphatic heterocycles. The van der Waals surface area contributed by atoms with Crippen molar-refractivity contribution in [2.24, 2.45) is 5.73 Å². The van der Waals surface area contributed by atoms with Crippen LogP contribution in [0.1, 0.15) is 28.7 Å². The number of nitrogens with one attached hydrogen (secondary N) is 1. The molecule has 1 aromatic carbocycles. The Morgan fingerprint density at radius 3 is 2.60 bits per heavy atom. The maximum Gasteiger partial charge on any atom is 0.273 e. The molecular weight excluding hydrogens is 272 g/mol. The first-order valence-electron chi connectivity index (χ1n) is 6.27. The molecule has 104 valence electrons. The molecule has 3 N–H and O–H groups in total. The second-order valence-corrected chi connectivity index (χ2v) is 4.82. The lowest BCUT2D eigenvalue weighted by molar-refractivity contribution is 0.101. The van der Waals surface area contributed by atoms with Crippen molar-refractivity contribution in [2.75, 3.05) is 5.32 Å². The van der Waals surface area contributed by atoms with E-state index in [1.807, 2.05) is 13.8 Å². The third-order valence-corrected chi connectivity index (χ3v) is 3.10. The van der Waals surface area contributed by atoms with E-state index in [-0.39, 0.29) is 5.91 Å². The Kier molecular flexibility index (Phi) is 4.14. The van der Waals surface area contributed by atoms with Crippen LogP contribution < -0.4 is 11.1 Å². The van der Waals surface area contributed by atoms with Gasteiger partial charge in [0, 0.05) is 17.8 Å². The van der Waals surface area contributed by atoms with Crippen LogP contribution in [0.4, 0.5) is 5.69 Å². The number of nitrogens with zero attached hydrogens (tertiary/aromatic N) is 2. The van der Waals surface area contributed by atoms with Crippen LogP contribution in [-0.4, -0.2) is 20.7 Å². The van der Waals surface area contributed by atoms with Gasteiger partial charge in [0.15, 0.2) is 0 Å². The third kappa shape index (κ3) is 3.03. The quantitative estimate of drug-likeness (QED) is 0.845. The van der Waals surface area contributed by atoms with Gasteiger partial charge in [0.1, 0.15) is 10.7 Å². The maximum atomic E-state index is 12.2. The van der Waals surface area contributed by atoms with Crippen molar-refractivity contribution in [2.45, 2.75) is 20.4 Å². The van der Waals surface area contributed by atoms with Gasteiger partial charge in [-0.3, -0.25) is 9.48 Å². The molecule has 1 aromatic heterocycles. The fourth-order valence-electron chi connectivity index (χ4n) is 1.88. The molecule has 0 radical (unpaired) electrons. The summed E-state index contributed by atoms with van der Waals surface area (Å²) in [5, 5.41) is 7.08. The van der Waals surface area contributed by atoms with Crippen LogP contribution in [0.25, 0.3) is 0 Å². The summed E-state index contributed by atoms with van der Waals surface area (Å²) in [4.78, 5) is 12.5. The fraction of sp³-hybridized carbons (Fsp3) is 0.214. The molecule has 0 bridgehead atoms. The molecule has 2 rings (SSSR count). The van der Waals surface area contributed by atoms with Crippen LogP contribution in [0.3, 0.4) is 0 Å². The summed E-state index contributed by atoms with van der Waals surface area (Å²) in [7, 11) is 0. The lowest BCUT2D eigenvalue weighted by atomic mass is 10.2. The zero-order valence-electron chi connectivity index (χ0n) is 11.4. The molecule has 6 heteroatoms. The molecule has 2 aromatic rings. The average molecular weight is 288 g/mol. The zero-order valence-corrected chi connectivity index (χ0v) is 12.2. The minimum atomic E-state index is -0.185. The van der Waals surface area contributed by atoms with Crippen molar-refractivity contribution in [3.8, 4) is 0 Å². The Hall–Kier alpha value is -2.21. The van der Waals surface area contributed by atoms with Gasteiger partial charge in [0.05, 0.1) is 5.69 Å². The largest absolute Gasteiger partial charge is 0.389 e. The molecule has 0 aliphatic carbocycles. The summed E-state index contributed by atoms with van der Waals surface area (Å²) in [6, 6.07) is 8.86. The number of carbonyl (C=O) groups excluding carboxylic acids is 1. The van der Waals surface area contributed by atoms with Crippen molar-refractivity contribution < 1.29 is 4.79 Å². The first kappa shape index (κ1) is 14.2. The smallest absolute Gasteiger partial charge is 0.273 e. The number of hydrogen-bond acceptors (Lipinski definition) is 3. The SMILES string of the molecule is CCn1nc(C)cc1C(=O)Nc1ccc(C(N)=S)cc1. The summed E-state index contributed by atoms with van der Waals surface area (Å²) in [6.07, 6.45) is 0. The highest BCUT2D eigenvalue weighted by Crippen LogP contribution is 2.12. The van der Waals surface area contributed by atoms with E-state index in [4.69, 9.17) is 18.0 Å². The van der Waals surface area contributed by atoms with E-state index in [1.165, 1.54) is 0 Å². The number of aryl methyl sites for hydroxylation is 2. The normalized spacial score (nSPS) is 10.3. The molecule has 0 unspecified atom stereocenters. The van der Waals surface area contributed by atoms with Gasteiger partial charge in [0.25, 0.3) is 5.91 Å². The van der Waals surface area contributed by atoms with Crippen molar-refractivity contribution >= 4 is 28.8 Å². The zero-order chi connectivity index (χ0) is 14.7. The predicted octanol–water partition coefficient (Wildman–Crippen LogP) is 2.10. The van der Waals surface area contributed by atoms with Gasteiger partial charge >= 0.3 is 0 Å². The minimum absolute atomic E-state index is 0.185. The number of nitrogens with two attached hydrogens (primary N) is 1. The van der Waals surface area contributed by atoms with Crippen molar-refractivity contribution in [3.63, 3.8) is 0 Å². The monoisotopic (exact) mass is 288 g/mol. The van der Waals surface area contributed by atoms with Crippen molar-refractivity contribution in [1.82, 2.24) is 9.78 Å². The summed E-state index contributed by atoms with van der Waals surface area (Å²) in [6.45, 7) is 4.46. The lowest BCUT2D eigenvalue weighted by Crippen LogP contribution is -2.17. The van der Waals surface area contributed by atoms with Crippen LogP contribution in [0.15, 0.2) is 30.3 Å². The second kappa shape index (κ2) is 5.83. The molecule has 1 heterocycles. The number of anilines is 1. The standard InChI is InChI=1S/C14H16N4OS/c1-3-18-12(8-9(2)17-18)14(19)16-11-6-4-10(5-7-11)13(15)20/h4-8H,3H2,1-2H3,(H2,15,20)(H,16,19). The van der Waals surface area contributed by atoms with Gasteiger partial charge in [-0.1, -0.05) is 12.2 Å². The number of amides is 1. The molecule has 0 atom stereocenters. The molecule has 20 heavy (non-hydrogen) atoms. The van der Waals surface area contributed by atoms with Crippen LogP contribution in [0.5, 0.6) is 0 Å². The van der Waals surface area contributed by atoms with Gasteiger partial charge < -0.3 is 11.1 Å². The first-order chi connectivity index (χ1) is 9.51. The van der Waals surface area contributed by atoms with E-state index >= 15 is 0 Å². The topological polar surface area (TPSA) is 72.9 Å². The van der Waals surface area contributed by atoms with Gasteiger partial charge in [-0.15, -0.1) is 0 Å². The van der Waals surface area contributed by atoms with Crippen LogP contribution in [-0.2, 0) is 6.54 Å². The predicted molar refractivity (Wildman–Crippen MR) is 82.9 cm³/mol. The molecular formula is C14H16N4OS. The van der Waals surface area contributed by atoms with E-state index in [0.29, 0.717) is 22.9 Å². The van der Waals surface area contributed by atoms with Crippen LogP contribution >= 0.6 is 12.2 Å². The Morgan fingerprint density at radius 2 is 2.05 bits per heavy atom. The number of rotatable bonds is 4. The number of hydrogen-bond donors (Lipinski definition) is 2. The van der Waals surface area contributed by atoms with Crippen LogP contribution in [0.2, 0.25) is 0 Å². The molecule has 0 aliphatic rings. The van der Waals surface area contributed by atoms with E-state index in [0.717, 1.165) is 11.3 Å². The summed E-state index contributed by atoms with van der Waals surface area (Å²) in [5.41, 5.74) is 8.36. The van der Waals surface area contributed by atoms with Gasteiger partial charge in [0.2, 0.25) is 0 Å². The Labute approximate surface area is 122 Å². The molecule has 0 saturated carbocycles. The number of thiocarbonyl (C=S) groups is 1. The number of aromatic nitrogens is 2. The number of carbonyl (C=O) groups is 1. The maximum absolute atomic E-state index is 12.2. The highest BCUT2D eigenvalue weighted by Gasteiger charge is 2.13. The van der Waals surface area contributed by atoms with Gasteiger partial charge in [-0.25, -0.2) is 0 Å². The van der Waals surface area contributed by atoms with E-state index in [2.05, 4.69) is 10.4 Å². The molecule has 0 spiro atoms. The summed E-state index contributed by atoms with van der Waals surface area (Å²) in [5.74, 6) is -0.185.